The molecular formula is C44H50N6O7S. The highest BCUT2D eigenvalue weighted by atomic mass is 32.1. The van der Waals surface area contributed by atoms with Crippen LogP contribution in [0.5, 0.6) is 11.5 Å². The first kappa shape index (κ1) is 38.5. The average molecular weight is 807 g/mol. The van der Waals surface area contributed by atoms with Crippen LogP contribution in [0.25, 0.3) is 21.2 Å². The van der Waals surface area contributed by atoms with Crippen LogP contribution in [-0.4, -0.2) is 109 Å². The molecule has 0 radical (unpaired) electrons. The molecule has 1 N–H and O–H groups in total. The first-order valence-electron chi connectivity index (χ1n) is 20.3. The normalized spacial score (nSPS) is 21.5. The topological polar surface area (TPSA) is 134 Å². The van der Waals surface area contributed by atoms with Gasteiger partial charge in [0.2, 0.25) is 11.8 Å². The second-order valence-corrected chi connectivity index (χ2v) is 18.2. The molecule has 5 aliphatic rings. The Balaban J connectivity index is 0.771. The maximum absolute atomic E-state index is 13.4. The summed E-state index contributed by atoms with van der Waals surface area (Å²) in [7, 11) is 5.22. The molecule has 0 bridgehead atoms. The lowest BCUT2D eigenvalue weighted by molar-refractivity contribution is -0.136. The first-order valence-corrected chi connectivity index (χ1v) is 21.2. The molecule has 1 spiro atoms. The summed E-state index contributed by atoms with van der Waals surface area (Å²) in [5, 5.41) is 2.99. The fourth-order valence-corrected chi connectivity index (χ4v) is 11.0. The smallest absolute Gasteiger partial charge is 0.262 e. The van der Waals surface area contributed by atoms with Gasteiger partial charge in [0.05, 0.1) is 36.3 Å². The Bertz CT molecular complexity index is 2370. The number of pyridine rings is 1. The SMILES string of the molecule is COc1cc(-c2cn(C)c(=O)c3cc(C)sc23)cc(OC)c1CN1CCC(CN2CCC3(CC2)CN(c2ccc4c(c2)C(=O)N(C2CCC(=O)NC2=O)C4=O)C3)CC1. The van der Waals surface area contributed by atoms with Gasteiger partial charge in [0.15, 0.2) is 0 Å². The van der Waals surface area contributed by atoms with Crippen molar-refractivity contribution in [3.05, 3.63) is 74.5 Å². The number of rotatable bonds is 9. The molecule has 304 valence electrons. The van der Waals surface area contributed by atoms with Crippen LogP contribution >= 0.6 is 11.3 Å². The van der Waals surface area contributed by atoms with E-state index < -0.39 is 23.8 Å². The number of imide groups is 2. The van der Waals surface area contributed by atoms with Gasteiger partial charge >= 0.3 is 0 Å². The first-order chi connectivity index (χ1) is 27.9. The Labute approximate surface area is 341 Å². The summed E-state index contributed by atoms with van der Waals surface area (Å²) < 4.78 is 14.6. The van der Waals surface area contributed by atoms with E-state index in [2.05, 4.69) is 32.1 Å². The van der Waals surface area contributed by atoms with Gasteiger partial charge in [-0.1, -0.05) is 0 Å². The fourth-order valence-electron chi connectivity index (χ4n) is 9.92. The molecule has 2 aromatic carbocycles. The number of benzene rings is 2. The molecule has 4 saturated heterocycles. The number of hydrogen-bond donors (Lipinski definition) is 1. The van der Waals surface area contributed by atoms with E-state index in [9.17, 15) is 24.0 Å². The van der Waals surface area contributed by atoms with E-state index in [1.54, 1.807) is 49.3 Å². The average Bonchev–Trinajstić information content (AvgIpc) is 3.72. The third-order valence-corrected chi connectivity index (χ3v) is 14.3. The lowest BCUT2D eigenvalue weighted by atomic mass is 9.71. The number of hydrogen-bond acceptors (Lipinski definition) is 11. The van der Waals surface area contributed by atoms with Gasteiger partial charge in [0, 0.05) is 72.1 Å². The molecular weight excluding hydrogens is 757 g/mol. The van der Waals surface area contributed by atoms with Crippen molar-refractivity contribution < 1.29 is 28.7 Å². The number of methoxy groups -OCH3 is 2. The number of carbonyl (C=O) groups excluding carboxylic acids is 4. The summed E-state index contributed by atoms with van der Waals surface area (Å²) in [6.45, 7) is 9.95. The molecule has 1 unspecified atom stereocenters. The number of amides is 4. The quantitative estimate of drug-likeness (QED) is 0.235. The van der Waals surface area contributed by atoms with Crippen molar-refractivity contribution in [3.63, 3.8) is 0 Å². The van der Waals surface area contributed by atoms with E-state index in [0.29, 0.717) is 17.0 Å². The number of nitrogens with zero attached hydrogens (tertiary/aromatic N) is 5. The van der Waals surface area contributed by atoms with Gasteiger partial charge in [0.25, 0.3) is 17.4 Å². The summed E-state index contributed by atoms with van der Waals surface area (Å²) in [6.07, 6.45) is 6.73. The standard InChI is InChI=1S/C44H50N6O7S/c1-26-17-32-39(58-26)33(22-46(2)41(32)53)28-18-36(56-3)34(37(19-28)57-4)23-47-13-9-27(10-14-47)21-48-15-11-44(12-16-48)24-49(25-44)29-5-6-30-31(20-29)43(55)50(42(30)54)35-7-8-38(51)45-40(35)52/h5-6,17-20,22,27,35H,7-16,21,23-25H2,1-4H3,(H,45,51,52). The molecule has 0 saturated carbocycles. The summed E-state index contributed by atoms with van der Waals surface area (Å²) in [4.78, 5) is 73.1. The lowest BCUT2D eigenvalue weighted by Crippen LogP contribution is -2.60. The van der Waals surface area contributed by atoms with Gasteiger partial charge in [-0.2, -0.15) is 0 Å². The Morgan fingerprint density at radius 2 is 1.52 bits per heavy atom. The van der Waals surface area contributed by atoms with Gasteiger partial charge in [-0.25, -0.2) is 0 Å². The zero-order valence-corrected chi connectivity index (χ0v) is 34.4. The maximum Gasteiger partial charge on any atom is 0.262 e. The number of aromatic nitrogens is 1. The Hall–Kier alpha value is -5.05. The highest BCUT2D eigenvalue weighted by Gasteiger charge is 2.47. The van der Waals surface area contributed by atoms with Gasteiger partial charge < -0.3 is 23.8 Å². The van der Waals surface area contributed by atoms with Crippen molar-refractivity contribution in [2.24, 2.45) is 18.4 Å². The molecule has 9 rings (SSSR count). The van der Waals surface area contributed by atoms with Gasteiger partial charge in [0.1, 0.15) is 17.5 Å². The third kappa shape index (κ3) is 6.78. The van der Waals surface area contributed by atoms with Crippen LogP contribution in [0.2, 0.25) is 0 Å². The molecule has 5 aliphatic heterocycles. The second kappa shape index (κ2) is 15.0. The van der Waals surface area contributed by atoms with Crippen molar-refractivity contribution in [3.8, 4) is 22.6 Å². The third-order valence-electron chi connectivity index (χ3n) is 13.3. The minimum Gasteiger partial charge on any atom is -0.496 e. The van der Waals surface area contributed by atoms with Crippen molar-refractivity contribution in [1.82, 2.24) is 24.6 Å². The predicted octanol–water partition coefficient (Wildman–Crippen LogP) is 4.81. The monoisotopic (exact) mass is 806 g/mol. The van der Waals surface area contributed by atoms with Crippen LogP contribution in [0, 0.1) is 18.3 Å². The van der Waals surface area contributed by atoms with Gasteiger partial charge in [-0.3, -0.25) is 39.1 Å². The van der Waals surface area contributed by atoms with Crippen molar-refractivity contribution in [2.45, 2.75) is 58.0 Å². The molecule has 4 fully saturated rings. The minimum absolute atomic E-state index is 0.00824. The molecule has 13 nitrogen and oxygen atoms in total. The van der Waals surface area contributed by atoms with Crippen molar-refractivity contribution in [1.29, 1.82) is 0 Å². The van der Waals surface area contributed by atoms with Crippen LogP contribution in [-0.2, 0) is 23.2 Å². The number of thiophene rings is 1. The molecule has 4 amide bonds. The number of fused-ring (bicyclic) bond motifs is 2. The second-order valence-electron chi connectivity index (χ2n) is 17.0. The summed E-state index contributed by atoms with van der Waals surface area (Å²) in [5.41, 5.74) is 4.85. The largest absolute Gasteiger partial charge is 0.496 e. The number of piperidine rings is 3. The number of nitrogens with one attached hydrogen (secondary N) is 1. The molecule has 0 aliphatic carbocycles. The predicted molar refractivity (Wildman–Crippen MR) is 222 cm³/mol. The lowest BCUT2D eigenvalue weighted by Gasteiger charge is -2.55. The Morgan fingerprint density at radius 1 is 0.828 bits per heavy atom. The van der Waals surface area contributed by atoms with E-state index >= 15 is 0 Å². The maximum atomic E-state index is 13.4. The zero-order chi connectivity index (χ0) is 40.5. The number of likely N-dealkylation sites (tertiary alicyclic amines) is 2. The van der Waals surface area contributed by atoms with Crippen LogP contribution in [0.15, 0.2) is 47.4 Å². The molecule has 2 aromatic heterocycles. The zero-order valence-electron chi connectivity index (χ0n) is 33.6. The molecule has 7 heterocycles. The summed E-state index contributed by atoms with van der Waals surface area (Å²) in [5.74, 6) is 0.325. The van der Waals surface area contributed by atoms with E-state index in [1.807, 2.05) is 25.3 Å². The van der Waals surface area contributed by atoms with Crippen LogP contribution in [0.3, 0.4) is 0 Å². The molecule has 4 aromatic rings. The van der Waals surface area contributed by atoms with E-state index in [1.165, 1.54) is 0 Å². The fraction of sp³-hybridized carbons (Fsp3) is 0.477. The number of carbonyl (C=O) groups is 4. The van der Waals surface area contributed by atoms with Gasteiger partial charge in [-0.05, 0) is 113 Å². The van der Waals surface area contributed by atoms with Crippen LogP contribution in [0.4, 0.5) is 5.69 Å². The van der Waals surface area contributed by atoms with Gasteiger partial charge in [-0.15, -0.1) is 11.3 Å². The molecule has 58 heavy (non-hydrogen) atoms. The number of ether oxygens (including phenoxy) is 2. The summed E-state index contributed by atoms with van der Waals surface area (Å²) >= 11 is 1.64. The van der Waals surface area contributed by atoms with Crippen molar-refractivity contribution in [2.75, 3.05) is 64.9 Å². The summed E-state index contributed by atoms with van der Waals surface area (Å²) in [6, 6.07) is 10.6. The van der Waals surface area contributed by atoms with Crippen LogP contribution < -0.4 is 25.2 Å². The Morgan fingerprint density at radius 3 is 2.19 bits per heavy atom. The van der Waals surface area contributed by atoms with Crippen molar-refractivity contribution >= 4 is 50.7 Å². The molecule has 1 atom stereocenters. The van der Waals surface area contributed by atoms with E-state index in [4.69, 9.17) is 9.47 Å². The number of anilines is 1. The van der Waals surface area contributed by atoms with E-state index in [-0.39, 0.29) is 29.7 Å². The highest BCUT2D eigenvalue weighted by molar-refractivity contribution is 7.19. The minimum atomic E-state index is -0.959. The van der Waals surface area contributed by atoms with Crippen LogP contribution in [0.1, 0.15) is 69.7 Å². The highest BCUT2D eigenvalue weighted by Crippen LogP contribution is 2.44. The molecule has 14 heteroatoms. The number of aryl methyl sites for hydroxylation is 2. The Kier molecular flexibility index (Phi) is 9.92. The van der Waals surface area contributed by atoms with E-state index in [0.717, 1.165) is 132 Å².